The molecule has 338 valence electrons. The lowest BCUT2D eigenvalue weighted by molar-refractivity contribution is 1.04. The molecule has 0 unspecified atom stereocenters. The maximum Gasteiger partial charge on any atom is 0.0494 e. The molecule has 0 aromatic heterocycles. The van der Waals surface area contributed by atoms with E-state index in [0.717, 1.165) is 24.1 Å². The molecule has 0 aliphatic heterocycles. The van der Waals surface area contributed by atoms with Crippen LogP contribution in [0.5, 0.6) is 0 Å². The molecular weight excluding hydrogens is 821 g/mol. The average Bonchev–Trinajstić information content (AvgIpc) is 3.38. The molecule has 68 heavy (non-hydrogen) atoms. The quantitative estimate of drug-likeness (QED) is 0.132. The second-order valence-corrected chi connectivity index (χ2v) is 17.6. The van der Waals surface area contributed by atoms with Gasteiger partial charge in [-0.2, -0.15) is 0 Å². The molecule has 0 saturated carbocycles. The van der Waals surface area contributed by atoms with Crippen LogP contribution in [0, 0.1) is 20.8 Å². The van der Waals surface area contributed by atoms with Gasteiger partial charge in [0.1, 0.15) is 0 Å². The summed E-state index contributed by atoms with van der Waals surface area (Å²) in [6, 6.07) is 72.5. The minimum absolute atomic E-state index is 0.837. The summed E-state index contributed by atoms with van der Waals surface area (Å²) in [5.41, 5.74) is 23.5. The number of hydrogen-bond donors (Lipinski definition) is 0. The van der Waals surface area contributed by atoms with Crippen LogP contribution in [0.2, 0.25) is 0 Å². The molecule has 0 N–H and O–H groups in total. The normalized spacial score (nSPS) is 14.6. The Morgan fingerprint density at radius 1 is 0.500 bits per heavy atom. The molecule has 8 aromatic rings. The molecule has 2 nitrogen and oxygen atoms in total. The number of nitrogens with zero attached hydrogens (tertiary/aromatic N) is 2. The van der Waals surface area contributed by atoms with E-state index in [2.05, 4.69) is 253 Å². The zero-order valence-corrected chi connectivity index (χ0v) is 40.9. The fraction of sp³-hybridized carbons (Fsp3) is 0.136. The lowest BCUT2D eigenvalue weighted by Crippen LogP contribution is -2.11. The summed E-state index contributed by atoms with van der Waals surface area (Å²) >= 11 is 0. The topological polar surface area (TPSA) is 15.6 Å². The molecule has 1 aliphatic carbocycles. The Balaban J connectivity index is 0.000000172. The Bertz CT molecular complexity index is 3040. The highest BCUT2D eigenvalue weighted by Gasteiger charge is 2.16. The number of allylic oxidation sites excluding steroid dienone is 6. The van der Waals surface area contributed by atoms with Gasteiger partial charge in [-0.15, -0.1) is 0 Å². The van der Waals surface area contributed by atoms with Gasteiger partial charge in [-0.05, 0) is 139 Å². The van der Waals surface area contributed by atoms with Gasteiger partial charge < -0.3 is 4.90 Å². The first kappa shape index (κ1) is 48.1. The smallest absolute Gasteiger partial charge is 0.0494 e. The van der Waals surface area contributed by atoms with Crippen LogP contribution in [0.4, 0.5) is 11.4 Å². The SMILES string of the molecule is C=C(C)c1ccccc1.CC(=N/C1=C(\C)C/C=C\C(c2ccc(C)c(-c3ccccc3C)c2)=C/C1)c1ccccc1.Cc1ccc(-c2cccc(N(C)c3ccccc3)c2-c2ccccc2)cc1. The number of anilines is 2. The Morgan fingerprint density at radius 3 is 1.69 bits per heavy atom. The predicted octanol–water partition coefficient (Wildman–Crippen LogP) is 18.3. The van der Waals surface area contributed by atoms with Gasteiger partial charge in [-0.1, -0.05) is 218 Å². The van der Waals surface area contributed by atoms with E-state index in [-0.39, 0.29) is 0 Å². The molecular formula is C66H64N2. The first-order chi connectivity index (χ1) is 33.1. The standard InChI is InChI=1S/C31H31N.C26H23N.C9H10/c1-22-11-8-9-16-29(22)30-21-28(18-17-23(30)2)27-15-10-12-24(3)31(20-19-27)32-25(4)26-13-6-5-7-14-26;1-20-16-18-21(19-17-20)24-14-9-15-25(26(24)22-10-5-3-6-11-22)27(2)23-12-7-4-8-13-23;1-8(2)9-6-4-3-5-7-9/h5-11,13-19,21H,12,20H2,1-4H3;3-19H,1-2H3;3-7H,1H2,2H3/b15-10-,27-19+,31-24+,32-25?;;. The van der Waals surface area contributed by atoms with E-state index in [1.54, 1.807) is 0 Å². The molecule has 1 aliphatic rings. The molecule has 8 aromatic carbocycles. The Kier molecular flexibility index (Phi) is 16.7. The highest BCUT2D eigenvalue weighted by Crippen LogP contribution is 2.41. The van der Waals surface area contributed by atoms with Crippen molar-refractivity contribution in [3.63, 3.8) is 0 Å². The second kappa shape index (κ2) is 23.6. The van der Waals surface area contributed by atoms with Gasteiger partial charge in [0.2, 0.25) is 0 Å². The van der Waals surface area contributed by atoms with Crippen molar-refractivity contribution in [3.05, 3.63) is 276 Å². The lowest BCUT2D eigenvalue weighted by Gasteiger charge is -2.25. The fourth-order valence-corrected chi connectivity index (χ4v) is 8.41. The van der Waals surface area contributed by atoms with Crippen LogP contribution in [0.1, 0.15) is 67.0 Å². The minimum atomic E-state index is 0.837. The molecule has 0 fully saturated rings. The largest absolute Gasteiger partial charge is 0.344 e. The summed E-state index contributed by atoms with van der Waals surface area (Å²) in [6.45, 7) is 16.6. The molecule has 0 radical (unpaired) electrons. The molecule has 0 amide bonds. The summed E-state index contributed by atoms with van der Waals surface area (Å²) < 4.78 is 0. The Hall–Kier alpha value is -7.81. The summed E-state index contributed by atoms with van der Waals surface area (Å²) in [5, 5.41) is 0. The molecule has 0 saturated heterocycles. The van der Waals surface area contributed by atoms with Crippen LogP contribution in [0.25, 0.3) is 44.5 Å². The van der Waals surface area contributed by atoms with E-state index in [9.17, 15) is 0 Å². The minimum Gasteiger partial charge on any atom is -0.344 e. The highest BCUT2D eigenvalue weighted by molar-refractivity contribution is 5.99. The van der Waals surface area contributed by atoms with E-state index in [1.807, 2.05) is 31.2 Å². The van der Waals surface area contributed by atoms with E-state index < -0.39 is 0 Å². The molecule has 0 atom stereocenters. The number of benzene rings is 8. The first-order valence-electron chi connectivity index (χ1n) is 23.7. The molecule has 9 rings (SSSR count). The summed E-state index contributed by atoms with van der Waals surface area (Å²) in [4.78, 5) is 7.29. The Morgan fingerprint density at radius 2 is 1.06 bits per heavy atom. The molecule has 2 heteroatoms. The van der Waals surface area contributed by atoms with E-state index in [4.69, 9.17) is 4.99 Å². The molecule has 0 heterocycles. The zero-order valence-electron chi connectivity index (χ0n) is 40.9. The van der Waals surface area contributed by atoms with Crippen LogP contribution in [0.3, 0.4) is 0 Å². The summed E-state index contributed by atoms with van der Waals surface area (Å²) in [7, 11) is 2.13. The number of rotatable bonds is 9. The van der Waals surface area contributed by atoms with Crippen LogP contribution < -0.4 is 4.90 Å². The van der Waals surface area contributed by atoms with Gasteiger partial charge in [0.25, 0.3) is 0 Å². The lowest BCUT2D eigenvalue weighted by atomic mass is 9.91. The number of para-hydroxylation sites is 1. The number of aliphatic imine (C=N–C) groups is 1. The van der Waals surface area contributed by atoms with Crippen LogP contribution in [0.15, 0.2) is 247 Å². The van der Waals surface area contributed by atoms with Crippen molar-refractivity contribution in [2.75, 3.05) is 11.9 Å². The van der Waals surface area contributed by atoms with Crippen molar-refractivity contribution in [1.82, 2.24) is 0 Å². The third-order valence-corrected chi connectivity index (χ3v) is 12.5. The zero-order chi connectivity index (χ0) is 47.8. The molecule has 0 bridgehead atoms. The number of hydrogen-bond acceptors (Lipinski definition) is 2. The second-order valence-electron chi connectivity index (χ2n) is 17.6. The monoisotopic (exact) mass is 885 g/mol. The van der Waals surface area contributed by atoms with Gasteiger partial charge in [-0.25, -0.2) is 0 Å². The Labute approximate surface area is 406 Å². The van der Waals surface area contributed by atoms with Crippen molar-refractivity contribution >= 4 is 28.2 Å². The van der Waals surface area contributed by atoms with Crippen molar-refractivity contribution in [1.29, 1.82) is 0 Å². The van der Waals surface area contributed by atoms with Crippen molar-refractivity contribution in [3.8, 4) is 33.4 Å². The van der Waals surface area contributed by atoms with E-state index >= 15 is 0 Å². The van der Waals surface area contributed by atoms with Gasteiger partial charge in [0.15, 0.2) is 0 Å². The third kappa shape index (κ3) is 12.5. The van der Waals surface area contributed by atoms with Crippen LogP contribution in [-0.2, 0) is 0 Å². The maximum absolute atomic E-state index is 5.03. The van der Waals surface area contributed by atoms with Crippen molar-refractivity contribution in [2.45, 2.75) is 54.4 Å². The van der Waals surface area contributed by atoms with E-state index in [1.165, 1.54) is 95.0 Å². The van der Waals surface area contributed by atoms with Crippen LogP contribution >= 0.6 is 0 Å². The first-order valence-corrected chi connectivity index (χ1v) is 23.7. The fourth-order valence-electron chi connectivity index (χ4n) is 8.41. The summed E-state index contributed by atoms with van der Waals surface area (Å²) in [6.07, 6.45) is 8.61. The average molecular weight is 885 g/mol. The van der Waals surface area contributed by atoms with Crippen molar-refractivity contribution < 1.29 is 0 Å². The van der Waals surface area contributed by atoms with Crippen molar-refractivity contribution in [2.24, 2.45) is 4.99 Å². The summed E-state index contributed by atoms with van der Waals surface area (Å²) in [5.74, 6) is 0. The van der Waals surface area contributed by atoms with E-state index in [0.29, 0.717) is 0 Å². The molecule has 0 spiro atoms. The third-order valence-electron chi connectivity index (χ3n) is 12.5. The predicted molar refractivity (Wildman–Crippen MR) is 297 cm³/mol. The van der Waals surface area contributed by atoms with Gasteiger partial charge in [0, 0.05) is 41.8 Å². The van der Waals surface area contributed by atoms with Gasteiger partial charge in [-0.3, -0.25) is 4.99 Å². The maximum atomic E-state index is 5.03. The number of aryl methyl sites for hydroxylation is 3. The van der Waals surface area contributed by atoms with Crippen LogP contribution in [-0.4, -0.2) is 12.8 Å². The highest BCUT2D eigenvalue weighted by atomic mass is 15.1. The van der Waals surface area contributed by atoms with Gasteiger partial charge in [0.05, 0.1) is 0 Å². The van der Waals surface area contributed by atoms with Gasteiger partial charge >= 0.3 is 0 Å².